The zero-order valence-electron chi connectivity index (χ0n) is 16.4. The number of benzene rings is 2. The van der Waals surface area contributed by atoms with Gasteiger partial charge in [-0.25, -0.2) is 4.98 Å². The third-order valence-corrected chi connectivity index (χ3v) is 4.52. The van der Waals surface area contributed by atoms with E-state index in [-0.39, 0.29) is 18.2 Å². The van der Waals surface area contributed by atoms with E-state index in [9.17, 15) is 9.59 Å². The van der Waals surface area contributed by atoms with Gasteiger partial charge in [-0.05, 0) is 17.5 Å². The maximum absolute atomic E-state index is 12.8. The van der Waals surface area contributed by atoms with Crippen molar-refractivity contribution in [3.63, 3.8) is 0 Å². The summed E-state index contributed by atoms with van der Waals surface area (Å²) in [6.07, 6.45) is 3.29. The molecule has 6 nitrogen and oxygen atoms in total. The molecule has 0 saturated heterocycles. The number of aromatic amines is 1. The van der Waals surface area contributed by atoms with Gasteiger partial charge in [-0.15, -0.1) is 0 Å². The summed E-state index contributed by atoms with van der Waals surface area (Å²) in [5.41, 5.74) is 1.35. The van der Waals surface area contributed by atoms with Crippen LogP contribution in [0.15, 0.2) is 71.7 Å². The number of hydrogen-bond acceptors (Lipinski definition) is 4. The minimum atomic E-state index is -0.480. The van der Waals surface area contributed by atoms with Crippen molar-refractivity contribution in [3.8, 4) is 0 Å². The van der Waals surface area contributed by atoms with Gasteiger partial charge in [-0.3, -0.25) is 9.59 Å². The summed E-state index contributed by atoms with van der Waals surface area (Å²) in [6.45, 7) is 2.90. The molecule has 150 valence electrons. The fourth-order valence-corrected chi connectivity index (χ4v) is 2.94. The van der Waals surface area contributed by atoms with Crippen LogP contribution < -0.4 is 10.9 Å². The van der Waals surface area contributed by atoms with Gasteiger partial charge in [0, 0.05) is 12.8 Å². The van der Waals surface area contributed by atoms with Crippen molar-refractivity contribution in [1.29, 1.82) is 0 Å². The van der Waals surface area contributed by atoms with Gasteiger partial charge in [0.15, 0.2) is 0 Å². The Morgan fingerprint density at radius 3 is 2.24 bits per heavy atom. The summed E-state index contributed by atoms with van der Waals surface area (Å²) in [4.78, 5) is 32.0. The van der Waals surface area contributed by atoms with Gasteiger partial charge < -0.3 is 15.0 Å². The Bertz CT molecular complexity index is 932. The Kier molecular flexibility index (Phi) is 7.30. The number of rotatable bonds is 9. The molecule has 6 heteroatoms. The lowest BCUT2D eigenvalue weighted by atomic mass is 9.98. The van der Waals surface area contributed by atoms with E-state index < -0.39 is 11.5 Å². The van der Waals surface area contributed by atoms with Crippen molar-refractivity contribution in [2.75, 3.05) is 6.61 Å². The number of ether oxygens (including phenoxy) is 1. The van der Waals surface area contributed by atoms with E-state index >= 15 is 0 Å². The van der Waals surface area contributed by atoms with Gasteiger partial charge >= 0.3 is 0 Å². The van der Waals surface area contributed by atoms with E-state index in [2.05, 4.69) is 22.2 Å². The molecule has 29 heavy (non-hydrogen) atoms. The van der Waals surface area contributed by atoms with E-state index in [4.69, 9.17) is 4.74 Å². The first-order valence-electron chi connectivity index (χ1n) is 9.75. The van der Waals surface area contributed by atoms with Crippen LogP contribution in [0.1, 0.15) is 53.1 Å². The molecule has 1 amide bonds. The number of nitrogens with zero attached hydrogens (tertiary/aromatic N) is 1. The zero-order valence-corrected chi connectivity index (χ0v) is 16.4. The monoisotopic (exact) mass is 391 g/mol. The molecule has 3 rings (SSSR count). The van der Waals surface area contributed by atoms with Gasteiger partial charge in [0.2, 0.25) is 0 Å². The molecule has 0 aliphatic carbocycles. The molecule has 0 bridgehead atoms. The van der Waals surface area contributed by atoms with Crippen molar-refractivity contribution in [1.82, 2.24) is 15.3 Å². The number of nitrogens with one attached hydrogen (secondary N) is 2. The maximum Gasteiger partial charge on any atom is 0.263 e. The summed E-state index contributed by atoms with van der Waals surface area (Å²) in [5.74, 6) is -0.0692. The second-order valence-electron chi connectivity index (χ2n) is 6.71. The van der Waals surface area contributed by atoms with Crippen molar-refractivity contribution < 1.29 is 9.53 Å². The predicted molar refractivity (Wildman–Crippen MR) is 112 cm³/mol. The fourth-order valence-electron chi connectivity index (χ4n) is 2.94. The lowest BCUT2D eigenvalue weighted by Gasteiger charge is -2.19. The number of aromatic nitrogens is 2. The average molecular weight is 391 g/mol. The van der Waals surface area contributed by atoms with Crippen molar-refractivity contribution in [2.45, 2.75) is 32.4 Å². The number of amides is 1. The Morgan fingerprint density at radius 1 is 1.07 bits per heavy atom. The molecule has 0 aliphatic rings. The molecule has 1 aromatic heterocycles. The minimum absolute atomic E-state index is 0.0285. The van der Waals surface area contributed by atoms with Crippen LogP contribution in [-0.2, 0) is 11.3 Å². The third kappa shape index (κ3) is 5.62. The molecule has 1 heterocycles. The van der Waals surface area contributed by atoms with Gasteiger partial charge in [0.25, 0.3) is 11.5 Å². The van der Waals surface area contributed by atoms with Gasteiger partial charge in [-0.1, -0.05) is 74.0 Å². The molecule has 0 aliphatic heterocycles. The Morgan fingerprint density at radius 2 is 1.69 bits per heavy atom. The van der Waals surface area contributed by atoms with E-state index in [1.54, 1.807) is 0 Å². The molecular formula is C23H25N3O3. The highest BCUT2D eigenvalue weighted by Crippen LogP contribution is 2.22. The standard InChI is InChI=1S/C23H25N3O3/c1-2-3-14-29-16-20-24-15-19(22(27)25-20)23(28)26-21(17-10-6-4-7-11-17)18-12-8-5-9-13-18/h4-13,15,21H,2-3,14,16H2,1H3,(H,26,28)(H,24,25,27). The van der Waals surface area contributed by atoms with Crippen LogP contribution in [0, 0.1) is 0 Å². The second kappa shape index (κ2) is 10.3. The van der Waals surface area contributed by atoms with Crippen LogP contribution in [0.5, 0.6) is 0 Å². The Labute approximate surface area is 170 Å². The molecule has 2 N–H and O–H groups in total. The summed E-state index contributed by atoms with van der Waals surface area (Å²) in [5, 5.41) is 2.96. The third-order valence-electron chi connectivity index (χ3n) is 4.52. The van der Waals surface area contributed by atoms with Crippen LogP contribution in [0.2, 0.25) is 0 Å². The first-order valence-corrected chi connectivity index (χ1v) is 9.75. The van der Waals surface area contributed by atoms with Gasteiger partial charge in [-0.2, -0.15) is 0 Å². The minimum Gasteiger partial charge on any atom is -0.374 e. The summed E-state index contributed by atoms with van der Waals surface area (Å²) < 4.78 is 5.46. The number of unbranched alkanes of at least 4 members (excludes halogenated alkanes) is 1. The van der Waals surface area contributed by atoms with Crippen LogP contribution in [-0.4, -0.2) is 22.5 Å². The Hall–Kier alpha value is -3.25. The van der Waals surface area contributed by atoms with E-state index in [0.29, 0.717) is 12.4 Å². The van der Waals surface area contributed by atoms with E-state index in [0.717, 1.165) is 24.0 Å². The topological polar surface area (TPSA) is 84.1 Å². The van der Waals surface area contributed by atoms with Crippen molar-refractivity contribution >= 4 is 5.91 Å². The van der Waals surface area contributed by atoms with Crippen molar-refractivity contribution in [2.24, 2.45) is 0 Å². The van der Waals surface area contributed by atoms with Crippen molar-refractivity contribution in [3.05, 3.63) is 99.7 Å². The van der Waals surface area contributed by atoms with Gasteiger partial charge in [0.1, 0.15) is 18.0 Å². The van der Waals surface area contributed by atoms with E-state index in [1.165, 1.54) is 6.20 Å². The quantitative estimate of drug-likeness (QED) is 0.546. The molecule has 0 spiro atoms. The lowest BCUT2D eigenvalue weighted by molar-refractivity contribution is 0.0939. The molecule has 0 unspecified atom stereocenters. The predicted octanol–water partition coefficient (Wildman–Crippen LogP) is 3.61. The lowest BCUT2D eigenvalue weighted by Crippen LogP contribution is -2.34. The van der Waals surface area contributed by atoms with Crippen LogP contribution in [0.3, 0.4) is 0 Å². The SMILES string of the molecule is CCCCOCc1ncc(C(=O)NC(c2ccccc2)c2ccccc2)c(=O)[nH]1. The van der Waals surface area contributed by atoms with Crippen LogP contribution in [0.4, 0.5) is 0 Å². The van der Waals surface area contributed by atoms with E-state index in [1.807, 2.05) is 60.7 Å². The normalized spacial score (nSPS) is 10.8. The molecule has 2 aromatic carbocycles. The smallest absolute Gasteiger partial charge is 0.263 e. The zero-order chi connectivity index (χ0) is 20.5. The molecule has 0 radical (unpaired) electrons. The largest absolute Gasteiger partial charge is 0.374 e. The number of carbonyl (C=O) groups is 1. The summed E-state index contributed by atoms with van der Waals surface area (Å²) >= 11 is 0. The highest BCUT2D eigenvalue weighted by Gasteiger charge is 2.20. The molecular weight excluding hydrogens is 366 g/mol. The molecule has 0 saturated carbocycles. The number of H-pyrrole nitrogens is 1. The maximum atomic E-state index is 12.8. The van der Waals surface area contributed by atoms with Crippen LogP contribution >= 0.6 is 0 Å². The number of hydrogen-bond donors (Lipinski definition) is 2. The number of carbonyl (C=O) groups excluding carboxylic acids is 1. The molecule has 3 aromatic rings. The highest BCUT2D eigenvalue weighted by molar-refractivity contribution is 5.94. The highest BCUT2D eigenvalue weighted by atomic mass is 16.5. The molecule has 0 atom stereocenters. The average Bonchev–Trinajstić information content (AvgIpc) is 2.76. The first-order chi connectivity index (χ1) is 14.2. The van der Waals surface area contributed by atoms with Crippen LogP contribution in [0.25, 0.3) is 0 Å². The second-order valence-corrected chi connectivity index (χ2v) is 6.71. The molecule has 0 fully saturated rings. The first kappa shape index (κ1) is 20.5. The Balaban J connectivity index is 1.77. The fraction of sp³-hybridized carbons (Fsp3) is 0.261. The summed E-state index contributed by atoms with van der Waals surface area (Å²) in [6, 6.07) is 18.9. The van der Waals surface area contributed by atoms with Gasteiger partial charge in [0.05, 0.1) is 6.04 Å². The summed E-state index contributed by atoms with van der Waals surface area (Å²) in [7, 11) is 0.